The van der Waals surface area contributed by atoms with Gasteiger partial charge in [-0.2, -0.15) is 0 Å². The maximum atomic E-state index is 12.2. The first-order valence-corrected chi connectivity index (χ1v) is 6.77. The predicted octanol–water partition coefficient (Wildman–Crippen LogP) is 4.11. The van der Waals surface area contributed by atoms with Crippen molar-refractivity contribution >= 4 is 50.7 Å². The van der Waals surface area contributed by atoms with Gasteiger partial charge in [-0.1, -0.05) is 45.2 Å². The Kier molecular flexibility index (Phi) is 4.39. The van der Waals surface area contributed by atoms with Gasteiger partial charge in [0.25, 0.3) is 5.91 Å². The number of halogens is 3. The van der Waals surface area contributed by atoms with Crippen molar-refractivity contribution in [3.8, 4) is 0 Å². The van der Waals surface area contributed by atoms with E-state index in [2.05, 4.69) is 31.2 Å². The van der Waals surface area contributed by atoms with Crippen molar-refractivity contribution in [1.82, 2.24) is 9.97 Å². The Morgan fingerprint density at radius 1 is 1.26 bits per heavy atom. The molecule has 1 N–H and O–H groups in total. The number of rotatable bonds is 2. The largest absolute Gasteiger partial charge is 0.317 e. The SMILES string of the molecule is Cc1ccc(Br)cc1C(=O)Nc1c(Cl)ncnc1Cl. The number of carbonyl (C=O) groups excluding carboxylic acids is 1. The summed E-state index contributed by atoms with van der Waals surface area (Å²) < 4.78 is 0.810. The summed E-state index contributed by atoms with van der Waals surface area (Å²) in [6.45, 7) is 1.84. The quantitative estimate of drug-likeness (QED) is 0.820. The van der Waals surface area contributed by atoms with Gasteiger partial charge in [0.05, 0.1) is 0 Å². The van der Waals surface area contributed by atoms with Gasteiger partial charge < -0.3 is 5.32 Å². The molecule has 19 heavy (non-hydrogen) atoms. The first-order chi connectivity index (χ1) is 8.99. The number of nitrogens with zero attached hydrogens (tertiary/aromatic N) is 2. The lowest BCUT2D eigenvalue weighted by Crippen LogP contribution is -2.14. The lowest BCUT2D eigenvalue weighted by atomic mass is 10.1. The number of amides is 1. The molecule has 0 fully saturated rings. The zero-order chi connectivity index (χ0) is 14.0. The van der Waals surface area contributed by atoms with Crippen LogP contribution in [0.4, 0.5) is 5.69 Å². The maximum absolute atomic E-state index is 12.2. The van der Waals surface area contributed by atoms with E-state index in [0.29, 0.717) is 5.56 Å². The van der Waals surface area contributed by atoms with E-state index in [4.69, 9.17) is 23.2 Å². The van der Waals surface area contributed by atoms with Crippen LogP contribution in [0.3, 0.4) is 0 Å². The summed E-state index contributed by atoms with van der Waals surface area (Å²) in [5.41, 5.74) is 1.56. The van der Waals surface area contributed by atoms with Crippen LogP contribution in [0.2, 0.25) is 10.3 Å². The maximum Gasteiger partial charge on any atom is 0.256 e. The third-order valence-corrected chi connectivity index (χ3v) is 3.50. The molecule has 0 aliphatic carbocycles. The van der Waals surface area contributed by atoms with E-state index in [9.17, 15) is 4.79 Å². The minimum Gasteiger partial charge on any atom is -0.317 e. The molecule has 1 amide bonds. The number of aromatic nitrogens is 2. The highest BCUT2D eigenvalue weighted by atomic mass is 79.9. The molecule has 4 nitrogen and oxygen atoms in total. The molecule has 1 aromatic carbocycles. The van der Waals surface area contributed by atoms with E-state index < -0.39 is 0 Å². The lowest BCUT2D eigenvalue weighted by Gasteiger charge is -2.09. The van der Waals surface area contributed by atoms with Gasteiger partial charge in [0.1, 0.15) is 12.0 Å². The lowest BCUT2D eigenvalue weighted by molar-refractivity contribution is 0.102. The highest BCUT2D eigenvalue weighted by molar-refractivity contribution is 9.10. The molecule has 0 radical (unpaired) electrons. The van der Waals surface area contributed by atoms with Gasteiger partial charge >= 0.3 is 0 Å². The molecule has 0 atom stereocenters. The minimum absolute atomic E-state index is 0.0981. The van der Waals surface area contributed by atoms with Crippen LogP contribution in [0.15, 0.2) is 29.0 Å². The monoisotopic (exact) mass is 359 g/mol. The second-order valence-electron chi connectivity index (χ2n) is 3.74. The van der Waals surface area contributed by atoms with E-state index in [0.717, 1.165) is 10.0 Å². The molecule has 0 aliphatic heterocycles. The average Bonchev–Trinajstić information content (AvgIpc) is 2.37. The van der Waals surface area contributed by atoms with Crippen LogP contribution in [0.25, 0.3) is 0 Å². The van der Waals surface area contributed by atoms with Crippen LogP contribution in [0.5, 0.6) is 0 Å². The Hall–Kier alpha value is -1.17. The van der Waals surface area contributed by atoms with Gasteiger partial charge in [0, 0.05) is 10.0 Å². The Balaban J connectivity index is 2.34. The van der Waals surface area contributed by atoms with Crippen LogP contribution in [-0.4, -0.2) is 15.9 Å². The number of benzene rings is 1. The van der Waals surface area contributed by atoms with Crippen molar-refractivity contribution in [2.45, 2.75) is 6.92 Å². The predicted molar refractivity (Wildman–Crippen MR) is 78.9 cm³/mol. The molecule has 98 valence electrons. The molecular formula is C12H8BrCl2N3O. The molecule has 0 bridgehead atoms. The van der Waals surface area contributed by atoms with Gasteiger partial charge in [-0.05, 0) is 24.6 Å². The van der Waals surface area contributed by atoms with Crippen molar-refractivity contribution in [1.29, 1.82) is 0 Å². The first kappa shape index (κ1) is 14.2. The second kappa shape index (κ2) is 5.86. The summed E-state index contributed by atoms with van der Waals surface area (Å²) in [4.78, 5) is 19.7. The standard InChI is InChI=1S/C12H8BrCl2N3O/c1-6-2-3-7(13)4-8(6)12(19)18-9-10(14)16-5-17-11(9)15/h2-5H,1H3,(H,18,19). The van der Waals surface area contributed by atoms with Crippen LogP contribution in [-0.2, 0) is 0 Å². The highest BCUT2D eigenvalue weighted by Gasteiger charge is 2.15. The van der Waals surface area contributed by atoms with Crippen LogP contribution in [0.1, 0.15) is 15.9 Å². The third kappa shape index (κ3) is 3.23. The summed E-state index contributed by atoms with van der Waals surface area (Å²) in [6, 6.07) is 5.41. The Morgan fingerprint density at radius 2 is 1.89 bits per heavy atom. The molecular weight excluding hydrogens is 353 g/mol. The molecule has 2 aromatic rings. The fourth-order valence-electron chi connectivity index (χ4n) is 1.47. The Bertz CT molecular complexity index is 629. The summed E-state index contributed by atoms with van der Waals surface area (Å²) in [5.74, 6) is -0.322. The normalized spacial score (nSPS) is 10.3. The number of nitrogens with one attached hydrogen (secondary N) is 1. The zero-order valence-corrected chi connectivity index (χ0v) is 12.8. The molecule has 1 aromatic heterocycles. The van der Waals surface area contributed by atoms with Gasteiger partial charge in [-0.3, -0.25) is 4.79 Å². The fraction of sp³-hybridized carbons (Fsp3) is 0.0833. The van der Waals surface area contributed by atoms with Gasteiger partial charge in [0.2, 0.25) is 0 Å². The zero-order valence-electron chi connectivity index (χ0n) is 9.75. The average molecular weight is 361 g/mol. The number of aryl methyl sites for hydroxylation is 1. The van der Waals surface area contributed by atoms with Gasteiger partial charge in [-0.15, -0.1) is 0 Å². The molecule has 7 heteroatoms. The van der Waals surface area contributed by atoms with Gasteiger partial charge in [0.15, 0.2) is 10.3 Å². The van der Waals surface area contributed by atoms with Crippen molar-refractivity contribution in [3.05, 3.63) is 50.4 Å². The highest BCUT2D eigenvalue weighted by Crippen LogP contribution is 2.27. The molecule has 0 saturated carbocycles. The van der Waals surface area contributed by atoms with Crippen molar-refractivity contribution < 1.29 is 4.79 Å². The van der Waals surface area contributed by atoms with E-state index in [1.165, 1.54) is 6.33 Å². The molecule has 0 aliphatic rings. The van der Waals surface area contributed by atoms with E-state index in [1.807, 2.05) is 19.1 Å². The molecule has 0 unspecified atom stereocenters. The molecule has 1 heterocycles. The second-order valence-corrected chi connectivity index (χ2v) is 5.38. The summed E-state index contributed by atoms with van der Waals surface area (Å²) in [5, 5.41) is 2.81. The smallest absolute Gasteiger partial charge is 0.256 e. The van der Waals surface area contributed by atoms with E-state index >= 15 is 0 Å². The third-order valence-electron chi connectivity index (χ3n) is 2.44. The van der Waals surface area contributed by atoms with E-state index in [-0.39, 0.29) is 21.9 Å². The summed E-state index contributed by atoms with van der Waals surface area (Å²) >= 11 is 15.1. The van der Waals surface area contributed by atoms with Crippen molar-refractivity contribution in [2.24, 2.45) is 0 Å². The Morgan fingerprint density at radius 3 is 2.53 bits per heavy atom. The van der Waals surface area contributed by atoms with Gasteiger partial charge in [-0.25, -0.2) is 9.97 Å². The van der Waals surface area contributed by atoms with Crippen molar-refractivity contribution in [2.75, 3.05) is 5.32 Å². The number of carbonyl (C=O) groups is 1. The fourth-order valence-corrected chi connectivity index (χ4v) is 2.24. The van der Waals surface area contributed by atoms with E-state index in [1.54, 1.807) is 6.07 Å². The molecule has 2 rings (SSSR count). The van der Waals surface area contributed by atoms with Crippen molar-refractivity contribution in [3.63, 3.8) is 0 Å². The van der Waals surface area contributed by atoms with Crippen LogP contribution < -0.4 is 5.32 Å². The number of anilines is 1. The summed E-state index contributed by atoms with van der Waals surface area (Å²) in [6.07, 6.45) is 1.23. The topological polar surface area (TPSA) is 54.9 Å². The number of hydrogen-bond donors (Lipinski definition) is 1. The Labute approximate surface area is 128 Å². The summed E-state index contributed by atoms with van der Waals surface area (Å²) in [7, 11) is 0. The van der Waals surface area contributed by atoms with Crippen LogP contribution in [0, 0.1) is 6.92 Å². The minimum atomic E-state index is -0.322. The number of hydrogen-bond acceptors (Lipinski definition) is 3. The first-order valence-electron chi connectivity index (χ1n) is 5.22. The molecule has 0 spiro atoms. The van der Waals surface area contributed by atoms with Crippen LogP contribution >= 0.6 is 39.1 Å². The molecule has 0 saturated heterocycles.